The number of carboxylic acids is 1. The van der Waals surface area contributed by atoms with Gasteiger partial charge in [-0.05, 0) is 44.2 Å². The highest BCUT2D eigenvalue weighted by Crippen LogP contribution is 2.43. The molecule has 0 amide bonds. The van der Waals surface area contributed by atoms with Crippen molar-refractivity contribution in [2.24, 2.45) is 0 Å². The van der Waals surface area contributed by atoms with E-state index in [0.29, 0.717) is 23.3 Å². The minimum Gasteiger partial charge on any atom is -0.487 e. The molecule has 26 heavy (non-hydrogen) atoms. The van der Waals surface area contributed by atoms with Gasteiger partial charge < -0.3 is 14.4 Å². The van der Waals surface area contributed by atoms with Crippen LogP contribution < -0.4 is 4.74 Å². The van der Waals surface area contributed by atoms with E-state index in [-0.39, 0.29) is 11.9 Å². The highest BCUT2D eigenvalue weighted by Gasteiger charge is 2.37. The van der Waals surface area contributed by atoms with E-state index in [0.717, 1.165) is 11.1 Å². The Morgan fingerprint density at radius 3 is 2.85 bits per heavy atom. The van der Waals surface area contributed by atoms with Crippen LogP contribution in [0, 0.1) is 11.3 Å². The summed E-state index contributed by atoms with van der Waals surface area (Å²) in [6, 6.07) is 14.5. The molecule has 4 rings (SSSR count). The van der Waals surface area contributed by atoms with Gasteiger partial charge in [0, 0.05) is 12.0 Å². The van der Waals surface area contributed by atoms with Crippen molar-refractivity contribution in [3.8, 4) is 11.8 Å². The first-order valence-corrected chi connectivity index (χ1v) is 8.33. The van der Waals surface area contributed by atoms with Crippen molar-refractivity contribution >= 4 is 17.0 Å². The number of benzene rings is 2. The van der Waals surface area contributed by atoms with Gasteiger partial charge in [0.15, 0.2) is 0 Å². The molecule has 2 heterocycles. The molecule has 2 aromatic carbocycles. The molecule has 0 saturated carbocycles. The van der Waals surface area contributed by atoms with Crippen LogP contribution in [0.3, 0.4) is 0 Å². The summed E-state index contributed by atoms with van der Waals surface area (Å²) < 4.78 is 7.82. The first kappa shape index (κ1) is 16.2. The molecule has 1 aromatic heterocycles. The smallest absolute Gasteiger partial charge is 0.372 e. The van der Waals surface area contributed by atoms with Crippen molar-refractivity contribution in [3.05, 3.63) is 59.4 Å². The zero-order valence-corrected chi connectivity index (χ0v) is 14.4. The lowest BCUT2D eigenvalue weighted by Gasteiger charge is -2.38. The number of ether oxygens (including phenoxy) is 1. The molecule has 1 aliphatic heterocycles. The summed E-state index contributed by atoms with van der Waals surface area (Å²) in [5.74, 6) is -0.426. The summed E-state index contributed by atoms with van der Waals surface area (Å²) in [5.41, 5.74) is 2.22. The van der Waals surface area contributed by atoms with Gasteiger partial charge in [0.05, 0.1) is 28.7 Å². The van der Waals surface area contributed by atoms with Gasteiger partial charge in [-0.15, -0.1) is 0 Å². The molecular formula is C20H17N3O3. The third kappa shape index (κ3) is 2.49. The van der Waals surface area contributed by atoms with Crippen LogP contribution in [0.25, 0.3) is 11.0 Å². The van der Waals surface area contributed by atoms with Gasteiger partial charge in [-0.25, -0.2) is 9.78 Å². The minimum atomic E-state index is -1.08. The molecule has 6 heteroatoms. The Kier molecular flexibility index (Phi) is 3.48. The van der Waals surface area contributed by atoms with Gasteiger partial charge in [-0.3, -0.25) is 0 Å². The Hall–Kier alpha value is -3.33. The number of nitriles is 1. The van der Waals surface area contributed by atoms with Crippen molar-refractivity contribution < 1.29 is 14.6 Å². The fourth-order valence-electron chi connectivity index (χ4n) is 3.63. The zero-order valence-electron chi connectivity index (χ0n) is 14.4. The Labute approximate surface area is 150 Å². The van der Waals surface area contributed by atoms with E-state index >= 15 is 0 Å². The predicted octanol–water partition coefficient (Wildman–Crippen LogP) is 3.76. The Morgan fingerprint density at radius 2 is 2.12 bits per heavy atom. The monoisotopic (exact) mass is 347 g/mol. The fraction of sp³-hybridized carbons (Fsp3) is 0.250. The van der Waals surface area contributed by atoms with Gasteiger partial charge >= 0.3 is 5.97 Å². The number of carboxylic acid groups (broad SMARTS) is 1. The second kappa shape index (κ2) is 5.60. The van der Waals surface area contributed by atoms with E-state index in [1.807, 2.05) is 32.0 Å². The van der Waals surface area contributed by atoms with Crippen LogP contribution in [-0.4, -0.2) is 26.2 Å². The topological polar surface area (TPSA) is 88.1 Å². The fourth-order valence-corrected chi connectivity index (χ4v) is 3.63. The summed E-state index contributed by atoms with van der Waals surface area (Å²) in [4.78, 5) is 16.2. The van der Waals surface area contributed by atoms with Crippen LogP contribution in [0.2, 0.25) is 0 Å². The van der Waals surface area contributed by atoms with E-state index in [1.165, 1.54) is 0 Å². The van der Waals surface area contributed by atoms with Gasteiger partial charge in [-0.2, -0.15) is 5.26 Å². The van der Waals surface area contributed by atoms with Crippen LogP contribution >= 0.6 is 0 Å². The van der Waals surface area contributed by atoms with Gasteiger partial charge in [0.2, 0.25) is 5.82 Å². The Balaban J connectivity index is 2.02. The molecule has 3 aromatic rings. The average molecular weight is 347 g/mol. The number of imidazole rings is 1. The molecule has 1 N–H and O–H groups in total. The van der Waals surface area contributed by atoms with Gasteiger partial charge in [-0.1, -0.05) is 12.1 Å². The number of nitrogens with zero attached hydrogens (tertiary/aromatic N) is 3. The molecule has 0 unspecified atom stereocenters. The molecule has 130 valence electrons. The number of para-hydroxylation sites is 2. The molecule has 1 aliphatic rings. The van der Waals surface area contributed by atoms with Crippen LogP contribution in [0.1, 0.15) is 48.1 Å². The van der Waals surface area contributed by atoms with Crippen molar-refractivity contribution in [1.29, 1.82) is 5.26 Å². The molecular weight excluding hydrogens is 330 g/mol. The molecule has 0 fully saturated rings. The highest BCUT2D eigenvalue weighted by molar-refractivity contribution is 5.90. The molecule has 0 saturated heterocycles. The standard InChI is InChI=1S/C20H17N3O3/c1-20(2)10-16(13-9-12(11-21)7-8-17(13)26-20)23-15-6-4-3-5-14(15)22-18(23)19(24)25/h3-9,16H,10H2,1-2H3,(H,24,25)/t16-/m1/s1. The molecule has 0 bridgehead atoms. The molecule has 1 atom stereocenters. The third-order valence-electron chi connectivity index (χ3n) is 4.67. The Morgan fingerprint density at radius 1 is 1.35 bits per heavy atom. The SMILES string of the molecule is CC1(C)C[C@@H](n2c(C(=O)O)nc3ccccc32)c2cc(C#N)ccc2O1. The second-order valence-corrected chi connectivity index (χ2v) is 7.05. The van der Waals surface area contributed by atoms with Crippen molar-refractivity contribution in [2.75, 3.05) is 0 Å². The molecule has 6 nitrogen and oxygen atoms in total. The first-order chi connectivity index (χ1) is 12.4. The maximum absolute atomic E-state index is 11.9. The van der Waals surface area contributed by atoms with Crippen molar-refractivity contribution in [3.63, 3.8) is 0 Å². The van der Waals surface area contributed by atoms with E-state index in [4.69, 9.17) is 4.74 Å². The first-order valence-electron chi connectivity index (χ1n) is 8.33. The van der Waals surface area contributed by atoms with E-state index in [2.05, 4.69) is 11.1 Å². The van der Waals surface area contributed by atoms with Crippen LogP contribution in [0.15, 0.2) is 42.5 Å². The number of fused-ring (bicyclic) bond motifs is 2. The summed E-state index contributed by atoms with van der Waals surface area (Å²) in [6.07, 6.45) is 0.565. The Bertz CT molecular complexity index is 1080. The number of rotatable bonds is 2. The second-order valence-electron chi connectivity index (χ2n) is 7.05. The number of hydrogen-bond donors (Lipinski definition) is 1. The van der Waals surface area contributed by atoms with E-state index in [1.54, 1.807) is 28.8 Å². The van der Waals surface area contributed by atoms with Crippen LogP contribution in [0.4, 0.5) is 0 Å². The average Bonchev–Trinajstić information content (AvgIpc) is 2.99. The lowest BCUT2D eigenvalue weighted by molar-refractivity contribution is 0.0607. The summed E-state index contributed by atoms with van der Waals surface area (Å²) >= 11 is 0. The van der Waals surface area contributed by atoms with E-state index < -0.39 is 11.6 Å². The van der Waals surface area contributed by atoms with Crippen molar-refractivity contribution in [1.82, 2.24) is 9.55 Å². The number of aromatic nitrogens is 2. The largest absolute Gasteiger partial charge is 0.487 e. The molecule has 0 radical (unpaired) electrons. The van der Waals surface area contributed by atoms with Crippen LogP contribution in [0.5, 0.6) is 5.75 Å². The number of carbonyl (C=O) groups is 1. The molecule has 0 spiro atoms. The predicted molar refractivity (Wildman–Crippen MR) is 95.3 cm³/mol. The highest BCUT2D eigenvalue weighted by atomic mass is 16.5. The van der Waals surface area contributed by atoms with Crippen molar-refractivity contribution in [2.45, 2.75) is 31.9 Å². The van der Waals surface area contributed by atoms with Gasteiger partial charge in [0.1, 0.15) is 11.4 Å². The quantitative estimate of drug-likeness (QED) is 0.762. The molecule has 0 aliphatic carbocycles. The summed E-state index contributed by atoms with van der Waals surface area (Å²) in [7, 11) is 0. The lowest BCUT2D eigenvalue weighted by atomic mass is 9.88. The maximum Gasteiger partial charge on any atom is 0.372 e. The maximum atomic E-state index is 11.9. The minimum absolute atomic E-state index is 0.0118. The number of aromatic carboxylic acids is 1. The van der Waals surface area contributed by atoms with E-state index in [9.17, 15) is 15.2 Å². The van der Waals surface area contributed by atoms with Crippen LogP contribution in [-0.2, 0) is 0 Å². The number of hydrogen-bond acceptors (Lipinski definition) is 4. The summed E-state index contributed by atoms with van der Waals surface area (Å²) in [5, 5.41) is 19.0. The van der Waals surface area contributed by atoms with Gasteiger partial charge in [0.25, 0.3) is 0 Å². The lowest BCUT2D eigenvalue weighted by Crippen LogP contribution is -2.37. The zero-order chi connectivity index (χ0) is 18.5. The normalized spacial score (nSPS) is 18.0. The third-order valence-corrected chi connectivity index (χ3v) is 4.67. The summed E-state index contributed by atoms with van der Waals surface area (Å²) in [6.45, 7) is 3.95.